The molecule has 1 aromatic heterocycles. The van der Waals surface area contributed by atoms with Gasteiger partial charge in [0.1, 0.15) is 0 Å². The van der Waals surface area contributed by atoms with Crippen LogP contribution in [0.15, 0.2) is 39.9 Å². The molecular formula is C13H16N2O2S2. The Morgan fingerprint density at radius 1 is 1.32 bits per heavy atom. The van der Waals surface area contributed by atoms with Gasteiger partial charge in [-0.05, 0) is 53.1 Å². The van der Waals surface area contributed by atoms with E-state index < -0.39 is 10.0 Å². The Hall–Kier alpha value is -1.37. The molecule has 0 aliphatic heterocycles. The van der Waals surface area contributed by atoms with E-state index in [1.807, 2.05) is 16.8 Å². The molecule has 0 spiro atoms. The van der Waals surface area contributed by atoms with Gasteiger partial charge in [-0.25, -0.2) is 8.42 Å². The van der Waals surface area contributed by atoms with E-state index in [-0.39, 0.29) is 4.90 Å². The summed E-state index contributed by atoms with van der Waals surface area (Å²) < 4.78 is 26.2. The largest absolute Gasteiger partial charge is 0.399 e. The number of hydrogen-bond donors (Lipinski definition) is 1. The monoisotopic (exact) mass is 296 g/mol. The Morgan fingerprint density at radius 3 is 2.63 bits per heavy atom. The Kier molecular flexibility index (Phi) is 3.93. The van der Waals surface area contributed by atoms with Crippen LogP contribution in [-0.2, 0) is 16.6 Å². The summed E-state index contributed by atoms with van der Waals surface area (Å²) >= 11 is 1.55. The van der Waals surface area contributed by atoms with Crippen LogP contribution in [0.1, 0.15) is 11.1 Å². The molecule has 0 radical (unpaired) electrons. The van der Waals surface area contributed by atoms with E-state index in [9.17, 15) is 8.42 Å². The number of hydrogen-bond acceptors (Lipinski definition) is 4. The van der Waals surface area contributed by atoms with E-state index in [0.717, 1.165) is 11.1 Å². The summed E-state index contributed by atoms with van der Waals surface area (Å²) in [6, 6.07) is 6.70. The average Bonchev–Trinajstić information content (AvgIpc) is 2.85. The number of rotatable bonds is 4. The third-order valence-corrected chi connectivity index (χ3v) is 5.47. The summed E-state index contributed by atoms with van der Waals surface area (Å²) in [5.74, 6) is 0. The first-order valence-corrected chi connectivity index (χ1v) is 8.13. The van der Waals surface area contributed by atoms with E-state index in [1.165, 1.54) is 4.31 Å². The second kappa shape index (κ2) is 5.32. The van der Waals surface area contributed by atoms with Crippen LogP contribution < -0.4 is 5.73 Å². The van der Waals surface area contributed by atoms with Crippen molar-refractivity contribution in [3.63, 3.8) is 0 Å². The van der Waals surface area contributed by atoms with Crippen molar-refractivity contribution < 1.29 is 8.42 Å². The van der Waals surface area contributed by atoms with Gasteiger partial charge in [-0.15, -0.1) is 0 Å². The van der Waals surface area contributed by atoms with Gasteiger partial charge in [0.25, 0.3) is 0 Å². The fourth-order valence-electron chi connectivity index (χ4n) is 1.71. The van der Waals surface area contributed by atoms with Crippen molar-refractivity contribution in [3.8, 4) is 0 Å². The molecule has 0 amide bonds. The number of nitrogens with zero attached hydrogens (tertiary/aromatic N) is 1. The maximum absolute atomic E-state index is 12.4. The Balaban J connectivity index is 2.28. The predicted octanol–water partition coefficient (Wildman–Crippen LogP) is 2.46. The van der Waals surface area contributed by atoms with Crippen LogP contribution in [0.3, 0.4) is 0 Å². The number of sulfonamides is 1. The fourth-order valence-corrected chi connectivity index (χ4v) is 3.62. The van der Waals surface area contributed by atoms with Gasteiger partial charge >= 0.3 is 0 Å². The van der Waals surface area contributed by atoms with Gasteiger partial charge in [-0.1, -0.05) is 0 Å². The first-order chi connectivity index (χ1) is 8.91. The van der Waals surface area contributed by atoms with Crippen LogP contribution in [0.2, 0.25) is 0 Å². The van der Waals surface area contributed by atoms with Crippen LogP contribution in [0, 0.1) is 6.92 Å². The standard InChI is InChI=1S/C13H16N2O2S2/c1-10-7-12(3-4-13(10)14)19(16,17)15(2)8-11-5-6-18-9-11/h3-7,9H,8,14H2,1-2H3. The molecule has 1 aromatic carbocycles. The summed E-state index contributed by atoms with van der Waals surface area (Å²) in [6.45, 7) is 2.17. The smallest absolute Gasteiger partial charge is 0.243 e. The summed E-state index contributed by atoms with van der Waals surface area (Å²) in [7, 11) is -1.89. The number of nitrogen functional groups attached to an aromatic ring is 1. The topological polar surface area (TPSA) is 63.4 Å². The first kappa shape index (κ1) is 14.0. The predicted molar refractivity (Wildman–Crippen MR) is 78.6 cm³/mol. The lowest BCUT2D eigenvalue weighted by molar-refractivity contribution is 0.467. The average molecular weight is 296 g/mol. The third-order valence-electron chi connectivity index (χ3n) is 2.93. The second-order valence-electron chi connectivity index (χ2n) is 4.41. The molecule has 2 rings (SSSR count). The minimum Gasteiger partial charge on any atom is -0.399 e. The number of benzene rings is 1. The molecule has 0 saturated heterocycles. The maximum Gasteiger partial charge on any atom is 0.243 e. The summed E-state index contributed by atoms with van der Waals surface area (Å²) in [6.07, 6.45) is 0. The van der Waals surface area contributed by atoms with Gasteiger partial charge in [0.2, 0.25) is 10.0 Å². The molecule has 0 saturated carbocycles. The van der Waals surface area contributed by atoms with Crippen molar-refractivity contribution in [3.05, 3.63) is 46.2 Å². The molecule has 1 heterocycles. The quantitative estimate of drug-likeness (QED) is 0.882. The lowest BCUT2D eigenvalue weighted by Gasteiger charge is -2.17. The summed E-state index contributed by atoms with van der Waals surface area (Å²) in [5.41, 5.74) is 8.07. The molecule has 0 unspecified atom stereocenters. The summed E-state index contributed by atoms with van der Waals surface area (Å²) in [4.78, 5) is 0.275. The molecule has 2 N–H and O–H groups in total. The highest BCUT2D eigenvalue weighted by Gasteiger charge is 2.21. The van der Waals surface area contributed by atoms with Crippen molar-refractivity contribution >= 4 is 27.0 Å². The van der Waals surface area contributed by atoms with Gasteiger partial charge < -0.3 is 5.73 Å². The molecule has 0 fully saturated rings. The van der Waals surface area contributed by atoms with Crippen LogP contribution in [0.25, 0.3) is 0 Å². The van der Waals surface area contributed by atoms with Crippen molar-refractivity contribution in [1.29, 1.82) is 0 Å². The normalized spacial score (nSPS) is 11.9. The highest BCUT2D eigenvalue weighted by molar-refractivity contribution is 7.89. The Morgan fingerprint density at radius 2 is 2.05 bits per heavy atom. The Labute approximate surface area is 117 Å². The van der Waals surface area contributed by atoms with Gasteiger partial charge in [0, 0.05) is 19.3 Å². The Bertz CT molecular complexity index is 664. The van der Waals surface area contributed by atoms with E-state index in [2.05, 4.69) is 0 Å². The highest BCUT2D eigenvalue weighted by atomic mass is 32.2. The minimum absolute atomic E-state index is 0.275. The molecule has 0 atom stereocenters. The molecule has 4 nitrogen and oxygen atoms in total. The SMILES string of the molecule is Cc1cc(S(=O)(=O)N(C)Cc2ccsc2)ccc1N. The maximum atomic E-state index is 12.4. The molecule has 6 heteroatoms. The van der Waals surface area contributed by atoms with Crippen LogP contribution in [0.4, 0.5) is 5.69 Å². The second-order valence-corrected chi connectivity index (χ2v) is 7.24. The zero-order chi connectivity index (χ0) is 14.0. The minimum atomic E-state index is -3.47. The molecular weight excluding hydrogens is 280 g/mol. The fraction of sp³-hybridized carbons (Fsp3) is 0.231. The van der Waals surface area contributed by atoms with Gasteiger partial charge in [0.05, 0.1) is 4.90 Å². The molecule has 0 bridgehead atoms. The van der Waals surface area contributed by atoms with Gasteiger partial charge in [-0.2, -0.15) is 15.6 Å². The van der Waals surface area contributed by atoms with Crippen molar-refractivity contribution in [2.75, 3.05) is 12.8 Å². The lowest BCUT2D eigenvalue weighted by atomic mass is 10.2. The van der Waals surface area contributed by atoms with Crippen molar-refractivity contribution in [1.82, 2.24) is 4.31 Å². The molecule has 19 heavy (non-hydrogen) atoms. The van der Waals surface area contributed by atoms with E-state index >= 15 is 0 Å². The van der Waals surface area contributed by atoms with Crippen LogP contribution in [0.5, 0.6) is 0 Å². The zero-order valence-electron chi connectivity index (χ0n) is 10.8. The van der Waals surface area contributed by atoms with Gasteiger partial charge in [-0.3, -0.25) is 0 Å². The number of nitrogens with two attached hydrogens (primary N) is 1. The molecule has 0 aliphatic carbocycles. The van der Waals surface area contributed by atoms with Crippen molar-refractivity contribution in [2.45, 2.75) is 18.4 Å². The number of thiophene rings is 1. The molecule has 102 valence electrons. The molecule has 0 aliphatic rings. The summed E-state index contributed by atoms with van der Waals surface area (Å²) in [5, 5.41) is 3.88. The number of aryl methyl sites for hydroxylation is 1. The van der Waals surface area contributed by atoms with E-state index in [4.69, 9.17) is 5.73 Å². The zero-order valence-corrected chi connectivity index (χ0v) is 12.5. The van der Waals surface area contributed by atoms with E-state index in [0.29, 0.717) is 12.2 Å². The van der Waals surface area contributed by atoms with E-state index in [1.54, 1.807) is 43.5 Å². The number of anilines is 1. The van der Waals surface area contributed by atoms with Crippen molar-refractivity contribution in [2.24, 2.45) is 0 Å². The van der Waals surface area contributed by atoms with Gasteiger partial charge in [0.15, 0.2) is 0 Å². The lowest BCUT2D eigenvalue weighted by Crippen LogP contribution is -2.26. The van der Waals surface area contributed by atoms with Crippen LogP contribution in [-0.4, -0.2) is 19.8 Å². The van der Waals surface area contributed by atoms with Crippen LogP contribution >= 0.6 is 11.3 Å². The highest BCUT2D eigenvalue weighted by Crippen LogP contribution is 2.21. The molecule has 2 aromatic rings. The third kappa shape index (κ3) is 2.97. The first-order valence-electron chi connectivity index (χ1n) is 5.75.